The fourth-order valence-corrected chi connectivity index (χ4v) is 14.4. The summed E-state index contributed by atoms with van der Waals surface area (Å²) >= 11 is 0. The molecule has 400 valence electrons. The van der Waals surface area contributed by atoms with Gasteiger partial charge in [-0.15, -0.1) is 0 Å². The number of furan rings is 1. The van der Waals surface area contributed by atoms with Gasteiger partial charge < -0.3 is 19.1 Å². The van der Waals surface area contributed by atoms with Crippen molar-refractivity contribution in [2.24, 2.45) is 0 Å². The molecule has 0 radical (unpaired) electrons. The Morgan fingerprint density at radius 3 is 1.46 bits per heavy atom. The Balaban J connectivity index is 1.14. The third-order valence-corrected chi connectivity index (χ3v) is 19.4. The molecule has 4 aliphatic rings. The summed E-state index contributed by atoms with van der Waals surface area (Å²) in [7, 11) is 0. The summed E-state index contributed by atoms with van der Waals surface area (Å²) in [5.41, 5.74) is 27.8. The minimum atomic E-state index is -0.0533. The second kappa shape index (κ2) is 17.3. The van der Waals surface area contributed by atoms with Crippen molar-refractivity contribution in [3.63, 3.8) is 0 Å². The molecule has 0 amide bonds. The van der Waals surface area contributed by atoms with Crippen molar-refractivity contribution in [1.82, 2.24) is 0 Å². The zero-order valence-electron chi connectivity index (χ0n) is 50.0. The fraction of sp³-hybridized carbons (Fsp3) is 0.351. The molecule has 9 aromatic rings. The molecule has 1 aromatic heterocycles. The maximum Gasteiger partial charge on any atom is 0.252 e. The van der Waals surface area contributed by atoms with Gasteiger partial charge >= 0.3 is 0 Å². The van der Waals surface area contributed by atoms with Gasteiger partial charge in [0.1, 0.15) is 11.2 Å². The van der Waals surface area contributed by atoms with Gasteiger partial charge in [0.15, 0.2) is 0 Å². The van der Waals surface area contributed by atoms with Crippen LogP contribution >= 0.6 is 0 Å². The predicted molar refractivity (Wildman–Crippen MR) is 340 cm³/mol. The average Bonchev–Trinajstić information content (AvgIpc) is 2.41. The Kier molecular flexibility index (Phi) is 11.2. The number of aryl methyl sites for hydroxylation is 2. The van der Waals surface area contributed by atoms with Crippen molar-refractivity contribution in [3.8, 4) is 0 Å². The van der Waals surface area contributed by atoms with Gasteiger partial charge in [0.05, 0.1) is 11.1 Å². The minimum Gasteiger partial charge on any atom is -0.456 e. The van der Waals surface area contributed by atoms with E-state index in [0.29, 0.717) is 0 Å². The number of hydrogen-bond donors (Lipinski definition) is 0. The molecule has 0 bridgehead atoms. The van der Waals surface area contributed by atoms with Crippen LogP contribution in [-0.2, 0) is 32.5 Å². The van der Waals surface area contributed by atoms with Gasteiger partial charge in [0, 0.05) is 50.9 Å². The number of rotatable bonds is 5. The molecule has 0 fully saturated rings. The lowest BCUT2D eigenvalue weighted by molar-refractivity contribution is 0.332. The summed E-state index contributed by atoms with van der Waals surface area (Å²) < 4.78 is 6.72. The summed E-state index contributed by atoms with van der Waals surface area (Å²) in [6.07, 6.45) is 4.60. The molecule has 0 spiro atoms. The van der Waals surface area contributed by atoms with Gasteiger partial charge in [0.25, 0.3) is 6.71 Å². The zero-order chi connectivity index (χ0) is 55.7. The molecule has 13 rings (SSSR count). The van der Waals surface area contributed by atoms with E-state index in [0.717, 1.165) is 64.0 Å². The third kappa shape index (κ3) is 8.05. The van der Waals surface area contributed by atoms with Crippen molar-refractivity contribution in [3.05, 3.63) is 190 Å². The van der Waals surface area contributed by atoms with Crippen LogP contribution in [0.25, 0.3) is 21.9 Å². The van der Waals surface area contributed by atoms with E-state index in [2.05, 4.69) is 271 Å². The second-order valence-electron chi connectivity index (χ2n) is 28.9. The fourth-order valence-electron chi connectivity index (χ4n) is 14.4. The van der Waals surface area contributed by atoms with E-state index in [1.54, 1.807) is 0 Å². The van der Waals surface area contributed by atoms with Crippen LogP contribution in [0.4, 0.5) is 51.2 Å². The van der Waals surface area contributed by atoms with Gasteiger partial charge in [-0.2, -0.15) is 0 Å². The summed E-state index contributed by atoms with van der Waals surface area (Å²) in [5.74, 6) is 0. The SMILES string of the molecule is Cc1cc2c3c(c1)N(c1cccc4oc5ccccc5c14)c1cc4c(cc1B3c1ccc(N(c3ccc(C(C)(C)C)cc3)c3ccc(C(C)(C)C)cc3)cc1N2c1cc2c(cc1C)C(C)(C)CCC2(C)C)C(C)(C)CCC4(C)C. The van der Waals surface area contributed by atoms with Gasteiger partial charge in [-0.3, -0.25) is 0 Å². The lowest BCUT2D eigenvalue weighted by atomic mass is 9.33. The van der Waals surface area contributed by atoms with Crippen LogP contribution in [0.1, 0.15) is 167 Å². The summed E-state index contributed by atoms with van der Waals surface area (Å²) in [5, 5.41) is 2.28. The smallest absolute Gasteiger partial charge is 0.252 e. The first-order chi connectivity index (χ1) is 37.2. The summed E-state index contributed by atoms with van der Waals surface area (Å²) in [6.45, 7) is 38.2. The van der Waals surface area contributed by atoms with Gasteiger partial charge in [-0.1, -0.05) is 164 Å². The van der Waals surface area contributed by atoms with Gasteiger partial charge in [-0.05, 0) is 212 Å². The number of nitrogens with zero attached hydrogens (tertiary/aromatic N) is 3. The molecule has 0 atom stereocenters. The highest BCUT2D eigenvalue weighted by Crippen LogP contribution is 2.55. The molecular weight excluding hydrogens is 958 g/mol. The third-order valence-electron chi connectivity index (χ3n) is 19.4. The van der Waals surface area contributed by atoms with Crippen molar-refractivity contribution in [1.29, 1.82) is 0 Å². The summed E-state index contributed by atoms with van der Waals surface area (Å²) in [4.78, 5) is 7.83. The highest BCUT2D eigenvalue weighted by molar-refractivity contribution is 7.00. The normalized spacial score (nSPS) is 17.5. The lowest BCUT2D eigenvalue weighted by Gasteiger charge is -2.48. The van der Waals surface area contributed by atoms with Crippen LogP contribution in [0.15, 0.2) is 150 Å². The van der Waals surface area contributed by atoms with Crippen LogP contribution in [0.3, 0.4) is 0 Å². The topological polar surface area (TPSA) is 22.9 Å². The Morgan fingerprint density at radius 1 is 0.430 bits per heavy atom. The van der Waals surface area contributed by atoms with Gasteiger partial charge in [-0.25, -0.2) is 0 Å². The van der Waals surface area contributed by atoms with Crippen molar-refractivity contribution >= 4 is 96.2 Å². The first-order valence-electron chi connectivity index (χ1n) is 29.4. The van der Waals surface area contributed by atoms with Crippen molar-refractivity contribution in [2.45, 2.75) is 169 Å². The van der Waals surface area contributed by atoms with E-state index in [4.69, 9.17) is 4.42 Å². The van der Waals surface area contributed by atoms with E-state index in [1.807, 2.05) is 0 Å². The van der Waals surface area contributed by atoms with E-state index in [1.165, 1.54) is 95.8 Å². The highest BCUT2D eigenvalue weighted by Gasteiger charge is 2.48. The highest BCUT2D eigenvalue weighted by atomic mass is 16.3. The molecule has 8 aromatic carbocycles. The lowest BCUT2D eigenvalue weighted by Crippen LogP contribution is -2.62. The molecule has 0 saturated heterocycles. The van der Waals surface area contributed by atoms with Gasteiger partial charge in [0.2, 0.25) is 0 Å². The van der Waals surface area contributed by atoms with Crippen LogP contribution < -0.4 is 31.1 Å². The Morgan fingerprint density at radius 2 is 0.899 bits per heavy atom. The largest absolute Gasteiger partial charge is 0.456 e. The second-order valence-corrected chi connectivity index (χ2v) is 28.9. The molecule has 2 aliphatic heterocycles. The van der Waals surface area contributed by atoms with E-state index in [-0.39, 0.29) is 39.2 Å². The quantitative estimate of drug-likeness (QED) is 0.160. The van der Waals surface area contributed by atoms with Crippen LogP contribution in [-0.4, -0.2) is 6.71 Å². The Bertz CT molecular complexity index is 3910. The van der Waals surface area contributed by atoms with Crippen molar-refractivity contribution < 1.29 is 4.42 Å². The molecule has 0 saturated carbocycles. The maximum absolute atomic E-state index is 6.72. The number of benzene rings is 8. The molecule has 79 heavy (non-hydrogen) atoms. The predicted octanol–water partition coefficient (Wildman–Crippen LogP) is 19.0. The van der Waals surface area contributed by atoms with Crippen molar-refractivity contribution in [2.75, 3.05) is 14.7 Å². The van der Waals surface area contributed by atoms with E-state index >= 15 is 0 Å². The number of para-hydroxylation sites is 1. The first-order valence-corrected chi connectivity index (χ1v) is 29.4. The standard InChI is InChI=1S/C74H80BN3O/c1-45-38-63-68-64(39-45)78(60-43-55-53(40-46(60)2)71(9,10)34-36-73(55,13)14)61-41-51(76(49-28-24-47(25-29-49)69(3,4)5)50-30-26-48(27-31-50)70(6,7)8)32-33-57(61)75(68)58-42-54-56(74(15,16)37-35-72(54,11)12)44-62(58)77(63)59-21-19-23-66-67(59)52-20-17-18-22-65(52)79-66/h17-33,38-44H,34-37H2,1-16H3. The molecule has 2 aliphatic carbocycles. The number of anilines is 9. The molecule has 4 nitrogen and oxygen atoms in total. The average molecular weight is 1040 g/mol. The van der Waals surface area contributed by atoms with Crippen LogP contribution in [0.5, 0.6) is 0 Å². The molecule has 5 heteroatoms. The first kappa shape index (κ1) is 51.5. The number of hydrogen-bond acceptors (Lipinski definition) is 4. The zero-order valence-corrected chi connectivity index (χ0v) is 50.0. The molecular formula is C74H80BN3O. The van der Waals surface area contributed by atoms with Crippen LogP contribution in [0, 0.1) is 13.8 Å². The van der Waals surface area contributed by atoms with E-state index in [9.17, 15) is 0 Å². The van der Waals surface area contributed by atoms with E-state index < -0.39 is 0 Å². The Labute approximate surface area is 471 Å². The summed E-state index contributed by atoms with van der Waals surface area (Å²) in [6, 6.07) is 56.9. The molecule has 0 unspecified atom stereocenters. The Hall–Kier alpha value is -6.98. The molecule has 0 N–H and O–H groups in total. The monoisotopic (exact) mass is 1040 g/mol. The maximum atomic E-state index is 6.72. The minimum absolute atomic E-state index is 0.0000578. The number of fused-ring (bicyclic) bond motifs is 9. The molecule has 3 heterocycles. The van der Waals surface area contributed by atoms with Crippen LogP contribution in [0.2, 0.25) is 0 Å².